The summed E-state index contributed by atoms with van der Waals surface area (Å²) in [5, 5.41) is 5.17. The predicted octanol–water partition coefficient (Wildman–Crippen LogP) is 4.79. The fourth-order valence-electron chi connectivity index (χ4n) is 3.15. The molecule has 0 spiro atoms. The van der Waals surface area contributed by atoms with Crippen LogP contribution in [0.4, 0.5) is 0 Å². The van der Waals surface area contributed by atoms with Crippen LogP contribution >= 0.6 is 11.3 Å². The summed E-state index contributed by atoms with van der Waals surface area (Å²) < 4.78 is 11.1. The van der Waals surface area contributed by atoms with Crippen molar-refractivity contribution in [3.63, 3.8) is 0 Å². The van der Waals surface area contributed by atoms with E-state index in [1.54, 1.807) is 7.11 Å². The third-order valence-electron chi connectivity index (χ3n) is 4.53. The Morgan fingerprint density at radius 1 is 1.16 bits per heavy atom. The zero-order chi connectivity index (χ0) is 17.5. The van der Waals surface area contributed by atoms with E-state index in [1.807, 2.05) is 35.7 Å². The molecule has 1 N–H and O–H groups in total. The van der Waals surface area contributed by atoms with Gasteiger partial charge in [-0.1, -0.05) is 37.8 Å². The summed E-state index contributed by atoms with van der Waals surface area (Å²) in [6, 6.07) is 9.82. The first-order valence-corrected chi connectivity index (χ1v) is 9.78. The van der Waals surface area contributed by atoms with Crippen molar-refractivity contribution in [2.24, 2.45) is 0 Å². The van der Waals surface area contributed by atoms with Crippen molar-refractivity contribution < 1.29 is 14.3 Å². The first-order valence-electron chi connectivity index (χ1n) is 8.90. The highest BCUT2D eigenvalue weighted by Crippen LogP contribution is 2.27. The SMILES string of the molecule is COc1ccccc1OCc1csc(C(=O)NC2CCCCCC2)c1. The number of hydrogen-bond acceptors (Lipinski definition) is 4. The average molecular weight is 359 g/mol. The third kappa shape index (κ3) is 4.98. The number of carbonyl (C=O) groups excluding carboxylic acids is 1. The lowest BCUT2D eigenvalue weighted by Gasteiger charge is -2.15. The molecule has 0 atom stereocenters. The van der Waals surface area contributed by atoms with Crippen molar-refractivity contribution in [1.29, 1.82) is 0 Å². The number of rotatable bonds is 6. The minimum atomic E-state index is 0.0421. The molecule has 1 heterocycles. The molecule has 1 aliphatic carbocycles. The van der Waals surface area contributed by atoms with Crippen molar-refractivity contribution in [2.75, 3.05) is 7.11 Å². The first kappa shape index (κ1) is 17.8. The van der Waals surface area contributed by atoms with Crippen LogP contribution in [-0.2, 0) is 6.61 Å². The highest BCUT2D eigenvalue weighted by atomic mass is 32.1. The van der Waals surface area contributed by atoms with E-state index in [4.69, 9.17) is 9.47 Å². The smallest absolute Gasteiger partial charge is 0.261 e. The molecule has 1 aromatic heterocycles. The average Bonchev–Trinajstić information content (AvgIpc) is 2.97. The molecule has 1 aliphatic rings. The molecular weight excluding hydrogens is 334 g/mol. The summed E-state index contributed by atoms with van der Waals surface area (Å²) in [6.07, 6.45) is 7.20. The molecule has 0 unspecified atom stereocenters. The van der Waals surface area contributed by atoms with Crippen LogP contribution in [0.3, 0.4) is 0 Å². The van der Waals surface area contributed by atoms with Crippen molar-refractivity contribution >= 4 is 17.2 Å². The minimum Gasteiger partial charge on any atom is -0.493 e. The molecule has 0 bridgehead atoms. The molecule has 1 amide bonds. The zero-order valence-corrected chi connectivity index (χ0v) is 15.4. The molecule has 0 aliphatic heterocycles. The van der Waals surface area contributed by atoms with Crippen LogP contribution in [0, 0.1) is 0 Å². The van der Waals surface area contributed by atoms with Gasteiger partial charge in [0.05, 0.1) is 12.0 Å². The van der Waals surface area contributed by atoms with Crippen LogP contribution in [-0.4, -0.2) is 19.1 Å². The molecule has 134 valence electrons. The van der Waals surface area contributed by atoms with Gasteiger partial charge in [-0.25, -0.2) is 0 Å². The molecule has 2 aromatic rings. The molecule has 0 radical (unpaired) electrons. The highest BCUT2D eigenvalue weighted by Gasteiger charge is 2.17. The maximum atomic E-state index is 12.5. The molecule has 25 heavy (non-hydrogen) atoms. The molecule has 4 nitrogen and oxygen atoms in total. The fourth-order valence-corrected chi connectivity index (χ4v) is 3.95. The van der Waals surface area contributed by atoms with Crippen LogP contribution in [0.1, 0.15) is 53.8 Å². The van der Waals surface area contributed by atoms with Crippen molar-refractivity contribution in [1.82, 2.24) is 5.32 Å². The molecular formula is C20H25NO3S. The number of ether oxygens (including phenoxy) is 2. The number of amides is 1. The van der Waals surface area contributed by atoms with E-state index in [1.165, 1.54) is 37.0 Å². The van der Waals surface area contributed by atoms with E-state index in [-0.39, 0.29) is 5.91 Å². The molecule has 3 rings (SSSR count). The van der Waals surface area contributed by atoms with E-state index >= 15 is 0 Å². The monoisotopic (exact) mass is 359 g/mol. The van der Waals surface area contributed by atoms with E-state index in [9.17, 15) is 4.79 Å². The fraction of sp³-hybridized carbons (Fsp3) is 0.450. The second-order valence-electron chi connectivity index (χ2n) is 6.42. The molecule has 5 heteroatoms. The van der Waals surface area contributed by atoms with E-state index < -0.39 is 0 Å². The van der Waals surface area contributed by atoms with Crippen LogP contribution < -0.4 is 14.8 Å². The Morgan fingerprint density at radius 3 is 2.60 bits per heavy atom. The Morgan fingerprint density at radius 2 is 1.88 bits per heavy atom. The Kier molecular flexibility index (Phi) is 6.34. The van der Waals surface area contributed by atoms with Crippen molar-refractivity contribution in [2.45, 2.75) is 51.2 Å². The van der Waals surface area contributed by atoms with Crippen LogP contribution in [0.5, 0.6) is 11.5 Å². The van der Waals surface area contributed by atoms with Gasteiger partial charge in [0.25, 0.3) is 5.91 Å². The van der Waals surface area contributed by atoms with Gasteiger partial charge < -0.3 is 14.8 Å². The largest absolute Gasteiger partial charge is 0.493 e. The van der Waals surface area contributed by atoms with E-state index in [0.717, 1.165) is 23.3 Å². The Bertz CT molecular complexity index is 690. The number of nitrogens with one attached hydrogen (secondary N) is 1. The van der Waals surface area contributed by atoms with Crippen molar-refractivity contribution in [3.05, 3.63) is 46.2 Å². The van der Waals surface area contributed by atoms with Crippen LogP contribution in [0.25, 0.3) is 0 Å². The summed E-state index contributed by atoms with van der Waals surface area (Å²) in [6.45, 7) is 0.424. The number of benzene rings is 1. The van der Waals surface area contributed by atoms with Gasteiger partial charge in [0, 0.05) is 11.6 Å². The van der Waals surface area contributed by atoms with Crippen LogP contribution in [0.15, 0.2) is 35.7 Å². The van der Waals surface area contributed by atoms with Gasteiger partial charge in [0.2, 0.25) is 0 Å². The summed E-state index contributed by atoms with van der Waals surface area (Å²) >= 11 is 1.47. The normalized spacial score (nSPS) is 15.4. The van der Waals surface area contributed by atoms with Gasteiger partial charge in [0.1, 0.15) is 6.61 Å². The minimum absolute atomic E-state index is 0.0421. The van der Waals surface area contributed by atoms with Gasteiger partial charge in [-0.2, -0.15) is 0 Å². The van der Waals surface area contributed by atoms with E-state index in [0.29, 0.717) is 24.1 Å². The third-order valence-corrected chi connectivity index (χ3v) is 5.51. The Labute approximate surface area is 153 Å². The second kappa shape index (κ2) is 8.90. The summed E-state index contributed by atoms with van der Waals surface area (Å²) in [7, 11) is 1.63. The second-order valence-corrected chi connectivity index (χ2v) is 7.33. The first-order chi connectivity index (χ1) is 12.3. The number of carbonyl (C=O) groups is 1. The van der Waals surface area contributed by atoms with Gasteiger partial charge >= 0.3 is 0 Å². The Balaban J connectivity index is 1.55. The van der Waals surface area contributed by atoms with E-state index in [2.05, 4.69) is 5.32 Å². The zero-order valence-electron chi connectivity index (χ0n) is 14.6. The Hall–Kier alpha value is -2.01. The quantitative estimate of drug-likeness (QED) is 0.755. The summed E-state index contributed by atoms with van der Waals surface area (Å²) in [5.74, 6) is 1.46. The lowest BCUT2D eigenvalue weighted by molar-refractivity contribution is 0.0937. The lowest BCUT2D eigenvalue weighted by Crippen LogP contribution is -2.33. The predicted molar refractivity (Wildman–Crippen MR) is 101 cm³/mol. The lowest BCUT2D eigenvalue weighted by atomic mass is 10.1. The summed E-state index contributed by atoms with van der Waals surface area (Å²) in [5.41, 5.74) is 1.00. The standard InChI is InChI=1S/C20H25NO3S/c1-23-17-10-6-7-11-18(17)24-13-15-12-19(25-14-15)20(22)21-16-8-4-2-3-5-9-16/h6-7,10-12,14,16H,2-5,8-9,13H2,1H3,(H,21,22). The molecule has 1 saturated carbocycles. The number of hydrogen-bond donors (Lipinski definition) is 1. The molecule has 0 saturated heterocycles. The maximum absolute atomic E-state index is 12.5. The number of thiophene rings is 1. The number of para-hydroxylation sites is 2. The van der Waals surface area contributed by atoms with Crippen molar-refractivity contribution in [3.8, 4) is 11.5 Å². The van der Waals surface area contributed by atoms with Crippen LogP contribution in [0.2, 0.25) is 0 Å². The molecule has 1 fully saturated rings. The van der Waals surface area contributed by atoms with Gasteiger partial charge in [-0.3, -0.25) is 4.79 Å². The number of methoxy groups -OCH3 is 1. The molecule has 1 aromatic carbocycles. The maximum Gasteiger partial charge on any atom is 0.261 e. The van der Waals surface area contributed by atoms with Gasteiger partial charge in [-0.15, -0.1) is 11.3 Å². The van der Waals surface area contributed by atoms with Gasteiger partial charge in [-0.05, 0) is 36.4 Å². The van der Waals surface area contributed by atoms with Gasteiger partial charge in [0.15, 0.2) is 11.5 Å². The summed E-state index contributed by atoms with van der Waals surface area (Å²) in [4.78, 5) is 13.2. The topological polar surface area (TPSA) is 47.6 Å². The highest BCUT2D eigenvalue weighted by molar-refractivity contribution is 7.12.